The Morgan fingerprint density at radius 3 is 2.43 bits per heavy atom. The van der Waals surface area contributed by atoms with Gasteiger partial charge in [0.15, 0.2) is 9.84 Å². The third kappa shape index (κ3) is 3.22. The van der Waals surface area contributed by atoms with Crippen LogP contribution in [0, 0.1) is 13.8 Å². The lowest BCUT2D eigenvalue weighted by atomic mass is 10.1. The number of hydrogen-bond donors (Lipinski definition) is 0. The van der Waals surface area contributed by atoms with Crippen LogP contribution in [0.1, 0.15) is 22.3 Å². The molecule has 2 aliphatic heterocycles. The summed E-state index contributed by atoms with van der Waals surface area (Å²) in [5.41, 5.74) is 4.81. The van der Waals surface area contributed by atoms with E-state index in [1.807, 2.05) is 56.3 Å². The molecule has 2 amide bonds. The van der Waals surface area contributed by atoms with Crippen LogP contribution in [0.3, 0.4) is 0 Å². The lowest BCUT2D eigenvalue weighted by Gasteiger charge is -2.24. The van der Waals surface area contributed by atoms with Crippen molar-refractivity contribution in [1.29, 1.82) is 0 Å². The van der Waals surface area contributed by atoms with E-state index in [0.29, 0.717) is 6.54 Å². The standard InChI is InChI=1S/C22H24N2O3S/c1-4-17-7-9-18(10-8-17)12-23-20-13-28(26,27)14-21(20)24(22(23)25)19-11-15(2)5-6-16(19)3/h4-11,20-21H,1,12-14H2,2-3H3/t20-,21-/m0/s1. The van der Waals surface area contributed by atoms with Crippen LogP contribution in [0.15, 0.2) is 49.0 Å². The summed E-state index contributed by atoms with van der Waals surface area (Å²) in [7, 11) is -3.18. The van der Waals surface area contributed by atoms with Gasteiger partial charge >= 0.3 is 6.03 Å². The first kappa shape index (κ1) is 18.7. The first-order valence-electron chi connectivity index (χ1n) is 9.38. The summed E-state index contributed by atoms with van der Waals surface area (Å²) in [6, 6.07) is 13.0. The van der Waals surface area contributed by atoms with E-state index in [-0.39, 0.29) is 29.6 Å². The average molecular weight is 397 g/mol. The van der Waals surface area contributed by atoms with Crippen LogP contribution in [0.25, 0.3) is 6.08 Å². The van der Waals surface area contributed by atoms with Crippen LogP contribution in [-0.2, 0) is 16.4 Å². The Balaban J connectivity index is 1.72. The monoisotopic (exact) mass is 396 g/mol. The van der Waals surface area contributed by atoms with E-state index in [1.165, 1.54) is 0 Å². The highest BCUT2D eigenvalue weighted by molar-refractivity contribution is 7.91. The Morgan fingerprint density at radius 1 is 1.07 bits per heavy atom. The van der Waals surface area contributed by atoms with Crippen LogP contribution in [0.5, 0.6) is 0 Å². The number of nitrogens with zero attached hydrogens (tertiary/aromatic N) is 2. The molecule has 5 nitrogen and oxygen atoms in total. The predicted molar refractivity (Wildman–Crippen MR) is 112 cm³/mol. The summed E-state index contributed by atoms with van der Waals surface area (Å²) < 4.78 is 24.8. The molecular formula is C22H24N2O3S. The highest BCUT2D eigenvalue weighted by atomic mass is 32.2. The molecule has 2 saturated heterocycles. The summed E-state index contributed by atoms with van der Waals surface area (Å²) in [4.78, 5) is 16.8. The molecule has 0 aromatic heterocycles. The van der Waals surface area contributed by atoms with E-state index in [0.717, 1.165) is 27.9 Å². The van der Waals surface area contributed by atoms with Gasteiger partial charge in [0.25, 0.3) is 0 Å². The normalized spacial score (nSPS) is 23.1. The second kappa shape index (κ2) is 6.78. The zero-order valence-electron chi connectivity index (χ0n) is 16.1. The number of carbonyl (C=O) groups is 1. The van der Waals surface area contributed by atoms with E-state index in [9.17, 15) is 13.2 Å². The van der Waals surface area contributed by atoms with Crippen molar-refractivity contribution in [2.45, 2.75) is 32.5 Å². The molecule has 0 N–H and O–H groups in total. The molecular weight excluding hydrogens is 372 g/mol. The van der Waals surface area contributed by atoms with Gasteiger partial charge in [-0.25, -0.2) is 13.2 Å². The zero-order chi connectivity index (χ0) is 20.1. The number of amides is 2. The summed E-state index contributed by atoms with van der Waals surface area (Å²) >= 11 is 0. The molecule has 146 valence electrons. The maximum atomic E-state index is 13.4. The Hall–Kier alpha value is -2.60. The third-order valence-corrected chi connectivity index (χ3v) is 7.37. The van der Waals surface area contributed by atoms with Gasteiger partial charge in [-0.1, -0.05) is 49.1 Å². The SMILES string of the molecule is C=Cc1ccc(CN2C(=O)N(c3cc(C)ccc3C)[C@H]3CS(=O)(=O)C[C@@H]32)cc1. The molecule has 0 unspecified atom stereocenters. The topological polar surface area (TPSA) is 57.7 Å². The van der Waals surface area contributed by atoms with Crippen LogP contribution >= 0.6 is 0 Å². The van der Waals surface area contributed by atoms with E-state index in [4.69, 9.17) is 0 Å². The lowest BCUT2D eigenvalue weighted by molar-refractivity contribution is 0.206. The molecule has 2 aromatic rings. The Kier molecular flexibility index (Phi) is 4.54. The largest absolute Gasteiger partial charge is 0.325 e. The number of rotatable bonds is 4. The Labute approximate surface area is 166 Å². The Bertz CT molecular complexity index is 1040. The first-order chi connectivity index (χ1) is 13.3. The molecule has 2 heterocycles. The van der Waals surface area contributed by atoms with Crippen LogP contribution in [0.4, 0.5) is 10.5 Å². The average Bonchev–Trinajstić information content (AvgIpc) is 3.09. The third-order valence-electron chi connectivity index (χ3n) is 5.67. The number of sulfone groups is 1. The second-order valence-corrected chi connectivity index (χ2v) is 9.88. The van der Waals surface area contributed by atoms with E-state index >= 15 is 0 Å². The maximum absolute atomic E-state index is 13.4. The van der Waals surface area contributed by atoms with Crippen LogP contribution in [0.2, 0.25) is 0 Å². The van der Waals surface area contributed by atoms with E-state index < -0.39 is 9.84 Å². The van der Waals surface area contributed by atoms with Crippen molar-refractivity contribution in [2.24, 2.45) is 0 Å². The van der Waals surface area contributed by atoms with Gasteiger partial charge in [-0.3, -0.25) is 4.90 Å². The number of urea groups is 1. The number of anilines is 1. The smallest absolute Gasteiger partial charge is 0.314 e. The van der Waals surface area contributed by atoms with Gasteiger partial charge in [-0.05, 0) is 42.2 Å². The van der Waals surface area contributed by atoms with Crippen molar-refractivity contribution in [1.82, 2.24) is 4.90 Å². The van der Waals surface area contributed by atoms with Gasteiger partial charge in [0, 0.05) is 12.2 Å². The minimum Gasteiger partial charge on any atom is -0.314 e. The molecule has 6 heteroatoms. The van der Waals surface area contributed by atoms with E-state index in [2.05, 4.69) is 6.58 Å². The molecule has 28 heavy (non-hydrogen) atoms. The summed E-state index contributed by atoms with van der Waals surface area (Å²) in [5, 5.41) is 0. The van der Waals surface area contributed by atoms with Crippen molar-refractivity contribution in [3.8, 4) is 0 Å². The minimum absolute atomic E-state index is 0.0166. The molecule has 4 rings (SSSR count). The number of aryl methyl sites for hydroxylation is 2. The van der Waals surface area contributed by atoms with Crippen molar-refractivity contribution < 1.29 is 13.2 Å². The summed E-state index contributed by atoms with van der Waals surface area (Å²) in [6.07, 6.45) is 1.77. The number of hydrogen-bond acceptors (Lipinski definition) is 3. The fourth-order valence-corrected chi connectivity index (χ4v) is 6.13. The fraction of sp³-hybridized carbons (Fsp3) is 0.318. The highest BCUT2D eigenvalue weighted by Crippen LogP contribution is 2.37. The van der Waals surface area contributed by atoms with Crippen molar-refractivity contribution in [2.75, 3.05) is 16.4 Å². The first-order valence-corrected chi connectivity index (χ1v) is 11.2. The predicted octanol–water partition coefficient (Wildman–Crippen LogP) is 3.55. The van der Waals surface area contributed by atoms with Gasteiger partial charge in [0.05, 0.1) is 23.6 Å². The van der Waals surface area contributed by atoms with Crippen molar-refractivity contribution in [3.05, 3.63) is 71.3 Å². The minimum atomic E-state index is -3.18. The number of benzene rings is 2. The quantitative estimate of drug-likeness (QED) is 0.743. The van der Waals surface area contributed by atoms with Gasteiger partial charge in [-0.15, -0.1) is 0 Å². The maximum Gasteiger partial charge on any atom is 0.325 e. The lowest BCUT2D eigenvalue weighted by Crippen LogP contribution is -2.38. The molecule has 0 spiro atoms. The molecule has 2 aromatic carbocycles. The molecule has 2 fully saturated rings. The van der Waals surface area contributed by atoms with Gasteiger partial charge < -0.3 is 4.90 Å². The van der Waals surface area contributed by atoms with Crippen molar-refractivity contribution >= 4 is 27.6 Å². The van der Waals surface area contributed by atoms with Crippen molar-refractivity contribution in [3.63, 3.8) is 0 Å². The molecule has 0 saturated carbocycles. The van der Waals surface area contributed by atoms with Gasteiger partial charge in [0.2, 0.25) is 0 Å². The summed E-state index contributed by atoms with van der Waals surface area (Å²) in [5.74, 6) is 0.0399. The molecule has 0 aliphatic carbocycles. The summed E-state index contributed by atoms with van der Waals surface area (Å²) in [6.45, 7) is 8.09. The highest BCUT2D eigenvalue weighted by Gasteiger charge is 2.54. The Morgan fingerprint density at radius 2 is 1.75 bits per heavy atom. The fourth-order valence-electron chi connectivity index (χ4n) is 4.18. The van der Waals surface area contributed by atoms with Crippen LogP contribution < -0.4 is 4.90 Å². The molecule has 0 radical (unpaired) electrons. The van der Waals surface area contributed by atoms with Gasteiger partial charge in [0.1, 0.15) is 0 Å². The van der Waals surface area contributed by atoms with Crippen LogP contribution in [-0.4, -0.2) is 42.9 Å². The second-order valence-electron chi connectivity index (χ2n) is 7.73. The number of fused-ring (bicyclic) bond motifs is 1. The molecule has 2 aliphatic rings. The number of carbonyl (C=O) groups excluding carboxylic acids is 1. The molecule has 2 atom stereocenters. The molecule has 0 bridgehead atoms. The van der Waals surface area contributed by atoms with E-state index in [1.54, 1.807) is 15.9 Å². The zero-order valence-corrected chi connectivity index (χ0v) is 16.9. The van der Waals surface area contributed by atoms with Gasteiger partial charge in [-0.2, -0.15) is 0 Å².